The fourth-order valence-electron chi connectivity index (χ4n) is 1.37. The lowest BCUT2D eigenvalue weighted by Gasteiger charge is -2.13. The number of aromatic nitrogens is 2. The standard InChI is InChI=1S/C11H19N3O/c1-4-9(5-2)7-12-10-6-11(15-3)14-8-13-10/h6,8-9H,4-5,7H2,1-3H3,(H,12,13,14). The zero-order chi connectivity index (χ0) is 11.1. The van der Waals surface area contributed by atoms with Crippen molar-refractivity contribution in [2.45, 2.75) is 26.7 Å². The summed E-state index contributed by atoms with van der Waals surface area (Å²) in [5, 5.41) is 3.29. The molecule has 0 saturated carbocycles. The molecule has 0 atom stereocenters. The van der Waals surface area contributed by atoms with Crippen molar-refractivity contribution in [1.82, 2.24) is 9.97 Å². The van der Waals surface area contributed by atoms with E-state index in [2.05, 4.69) is 29.1 Å². The predicted molar refractivity (Wildman–Crippen MR) is 61.1 cm³/mol. The molecule has 0 aliphatic carbocycles. The van der Waals surface area contributed by atoms with Crippen LogP contribution in [-0.2, 0) is 0 Å². The molecule has 0 aliphatic rings. The van der Waals surface area contributed by atoms with Crippen molar-refractivity contribution >= 4 is 5.82 Å². The van der Waals surface area contributed by atoms with Gasteiger partial charge in [0.2, 0.25) is 5.88 Å². The molecule has 1 heterocycles. The highest BCUT2D eigenvalue weighted by molar-refractivity contribution is 5.36. The summed E-state index contributed by atoms with van der Waals surface area (Å²) in [6.07, 6.45) is 3.88. The number of ether oxygens (including phenoxy) is 1. The van der Waals surface area contributed by atoms with Crippen LogP contribution in [-0.4, -0.2) is 23.6 Å². The molecule has 0 fully saturated rings. The second-order valence-corrected chi connectivity index (χ2v) is 3.51. The fraction of sp³-hybridized carbons (Fsp3) is 0.636. The molecule has 15 heavy (non-hydrogen) atoms. The first-order valence-electron chi connectivity index (χ1n) is 5.40. The van der Waals surface area contributed by atoms with Crippen molar-refractivity contribution in [1.29, 1.82) is 0 Å². The molecule has 0 radical (unpaired) electrons. The van der Waals surface area contributed by atoms with Gasteiger partial charge in [0.25, 0.3) is 0 Å². The molecule has 4 nitrogen and oxygen atoms in total. The van der Waals surface area contributed by atoms with Crippen LogP contribution in [0.25, 0.3) is 0 Å². The zero-order valence-corrected chi connectivity index (χ0v) is 9.66. The molecular formula is C11H19N3O. The Hall–Kier alpha value is -1.32. The highest BCUT2D eigenvalue weighted by Crippen LogP contribution is 2.12. The molecule has 0 unspecified atom stereocenters. The molecule has 0 aliphatic heterocycles. The Morgan fingerprint density at radius 3 is 2.67 bits per heavy atom. The third-order valence-corrected chi connectivity index (χ3v) is 2.58. The van der Waals surface area contributed by atoms with Crippen LogP contribution in [0, 0.1) is 5.92 Å². The van der Waals surface area contributed by atoms with Gasteiger partial charge in [-0.1, -0.05) is 26.7 Å². The van der Waals surface area contributed by atoms with Crippen molar-refractivity contribution in [3.8, 4) is 5.88 Å². The van der Waals surface area contributed by atoms with Gasteiger partial charge in [0, 0.05) is 12.6 Å². The van der Waals surface area contributed by atoms with Crippen LogP contribution in [0.5, 0.6) is 5.88 Å². The summed E-state index contributed by atoms with van der Waals surface area (Å²) in [4.78, 5) is 8.08. The summed E-state index contributed by atoms with van der Waals surface area (Å²) in [6, 6.07) is 1.81. The van der Waals surface area contributed by atoms with Gasteiger partial charge in [0.05, 0.1) is 7.11 Å². The average molecular weight is 209 g/mol. The van der Waals surface area contributed by atoms with E-state index in [0.29, 0.717) is 11.8 Å². The highest BCUT2D eigenvalue weighted by atomic mass is 16.5. The average Bonchev–Trinajstić information content (AvgIpc) is 2.31. The van der Waals surface area contributed by atoms with Crippen LogP contribution in [0.3, 0.4) is 0 Å². The lowest BCUT2D eigenvalue weighted by atomic mass is 10.0. The van der Waals surface area contributed by atoms with Crippen molar-refractivity contribution < 1.29 is 4.74 Å². The van der Waals surface area contributed by atoms with E-state index in [1.807, 2.05) is 6.07 Å². The van der Waals surface area contributed by atoms with E-state index < -0.39 is 0 Å². The summed E-state index contributed by atoms with van der Waals surface area (Å²) in [7, 11) is 1.60. The van der Waals surface area contributed by atoms with Gasteiger partial charge in [0.15, 0.2) is 0 Å². The largest absolute Gasteiger partial charge is 0.481 e. The third kappa shape index (κ3) is 3.73. The summed E-state index contributed by atoms with van der Waals surface area (Å²) < 4.78 is 5.02. The number of methoxy groups -OCH3 is 1. The Balaban J connectivity index is 2.49. The van der Waals surface area contributed by atoms with Gasteiger partial charge in [-0.05, 0) is 5.92 Å². The Labute approximate surface area is 91.1 Å². The maximum atomic E-state index is 5.02. The van der Waals surface area contributed by atoms with Gasteiger partial charge >= 0.3 is 0 Å². The molecule has 1 rings (SSSR count). The van der Waals surface area contributed by atoms with Gasteiger partial charge < -0.3 is 10.1 Å². The summed E-state index contributed by atoms with van der Waals surface area (Å²) in [6.45, 7) is 5.36. The fourth-order valence-corrected chi connectivity index (χ4v) is 1.37. The number of hydrogen-bond donors (Lipinski definition) is 1. The molecule has 0 aromatic carbocycles. The zero-order valence-electron chi connectivity index (χ0n) is 9.66. The van der Waals surface area contributed by atoms with Gasteiger partial charge in [-0.2, -0.15) is 0 Å². The summed E-state index contributed by atoms with van der Waals surface area (Å²) in [5.74, 6) is 2.12. The summed E-state index contributed by atoms with van der Waals surface area (Å²) >= 11 is 0. The second-order valence-electron chi connectivity index (χ2n) is 3.51. The van der Waals surface area contributed by atoms with E-state index in [9.17, 15) is 0 Å². The van der Waals surface area contributed by atoms with Crippen LogP contribution in [0.2, 0.25) is 0 Å². The van der Waals surface area contributed by atoms with E-state index in [4.69, 9.17) is 4.74 Å². The first-order chi connectivity index (χ1) is 7.30. The van der Waals surface area contributed by atoms with Crippen molar-refractivity contribution in [2.75, 3.05) is 19.0 Å². The maximum absolute atomic E-state index is 5.02. The molecular weight excluding hydrogens is 190 g/mol. The molecule has 1 aromatic heterocycles. The molecule has 1 aromatic rings. The number of hydrogen-bond acceptors (Lipinski definition) is 4. The Kier molecular flexibility index (Phi) is 4.87. The van der Waals surface area contributed by atoms with Crippen molar-refractivity contribution in [3.05, 3.63) is 12.4 Å². The first-order valence-corrected chi connectivity index (χ1v) is 5.40. The molecule has 4 heteroatoms. The number of nitrogens with zero attached hydrogens (tertiary/aromatic N) is 2. The van der Waals surface area contributed by atoms with Crippen molar-refractivity contribution in [3.63, 3.8) is 0 Å². The smallest absolute Gasteiger partial charge is 0.218 e. The predicted octanol–water partition coefficient (Wildman–Crippen LogP) is 2.33. The number of nitrogens with one attached hydrogen (secondary N) is 1. The molecule has 0 saturated heterocycles. The van der Waals surface area contributed by atoms with Gasteiger partial charge in [0.1, 0.15) is 12.1 Å². The molecule has 0 bridgehead atoms. The minimum Gasteiger partial charge on any atom is -0.481 e. The number of anilines is 1. The summed E-state index contributed by atoms with van der Waals surface area (Å²) in [5.41, 5.74) is 0. The lowest BCUT2D eigenvalue weighted by Crippen LogP contribution is -2.13. The van der Waals surface area contributed by atoms with Gasteiger partial charge in [-0.15, -0.1) is 0 Å². The maximum Gasteiger partial charge on any atom is 0.218 e. The SMILES string of the molecule is CCC(CC)CNc1cc(OC)ncn1. The second kappa shape index (κ2) is 6.22. The van der Waals surface area contributed by atoms with Crippen molar-refractivity contribution in [2.24, 2.45) is 5.92 Å². The first kappa shape index (κ1) is 11.8. The van der Waals surface area contributed by atoms with Gasteiger partial charge in [-0.3, -0.25) is 0 Å². The van der Waals surface area contributed by atoms with Crippen LogP contribution < -0.4 is 10.1 Å². The van der Waals surface area contributed by atoms with E-state index in [-0.39, 0.29) is 0 Å². The minimum absolute atomic E-state index is 0.594. The number of rotatable bonds is 6. The Morgan fingerprint density at radius 1 is 1.33 bits per heavy atom. The van der Waals surface area contributed by atoms with E-state index in [1.165, 1.54) is 19.2 Å². The topological polar surface area (TPSA) is 47.0 Å². The van der Waals surface area contributed by atoms with Crippen LogP contribution in [0.4, 0.5) is 5.82 Å². The molecule has 84 valence electrons. The van der Waals surface area contributed by atoms with Crippen LogP contribution >= 0.6 is 0 Å². The monoisotopic (exact) mass is 209 g/mol. The third-order valence-electron chi connectivity index (χ3n) is 2.58. The normalized spacial score (nSPS) is 10.4. The van der Waals surface area contributed by atoms with E-state index >= 15 is 0 Å². The molecule has 0 spiro atoms. The molecule has 1 N–H and O–H groups in total. The van der Waals surface area contributed by atoms with Gasteiger partial charge in [-0.25, -0.2) is 9.97 Å². The Morgan fingerprint density at radius 2 is 2.07 bits per heavy atom. The van der Waals surface area contributed by atoms with Crippen LogP contribution in [0.1, 0.15) is 26.7 Å². The molecule has 0 amide bonds. The highest BCUT2D eigenvalue weighted by Gasteiger charge is 2.04. The quantitative estimate of drug-likeness (QED) is 0.781. The Bertz CT molecular complexity index is 287. The minimum atomic E-state index is 0.594. The van der Waals surface area contributed by atoms with Crippen LogP contribution in [0.15, 0.2) is 12.4 Å². The lowest BCUT2D eigenvalue weighted by molar-refractivity contribution is 0.397. The van der Waals surface area contributed by atoms with E-state index in [1.54, 1.807) is 7.11 Å². The van der Waals surface area contributed by atoms with E-state index in [0.717, 1.165) is 12.4 Å².